The van der Waals surface area contributed by atoms with Crippen LogP contribution in [0.25, 0.3) is 0 Å². The van der Waals surface area contributed by atoms with E-state index in [1.165, 1.54) is 18.4 Å². The van der Waals surface area contributed by atoms with Crippen LogP contribution >= 0.6 is 12.2 Å². The van der Waals surface area contributed by atoms with Crippen molar-refractivity contribution in [3.05, 3.63) is 53.6 Å². The van der Waals surface area contributed by atoms with Crippen molar-refractivity contribution in [2.75, 3.05) is 26.5 Å². The lowest BCUT2D eigenvalue weighted by atomic mass is 10.0. The second-order valence-corrected chi connectivity index (χ2v) is 8.94. The maximum atomic E-state index is 12.3. The second-order valence-electron chi connectivity index (χ2n) is 6.38. The van der Waals surface area contributed by atoms with E-state index in [0.29, 0.717) is 10.8 Å². The number of sulfonamides is 1. The lowest BCUT2D eigenvalue weighted by molar-refractivity contribution is 0.405. The molecule has 0 saturated carbocycles. The molecule has 8 heteroatoms. The van der Waals surface area contributed by atoms with E-state index in [-0.39, 0.29) is 10.9 Å². The number of ether oxygens (including phenoxy) is 1. The number of thiocarbonyl (C=S) groups is 1. The summed E-state index contributed by atoms with van der Waals surface area (Å²) in [5, 5.41) is 6.64. The summed E-state index contributed by atoms with van der Waals surface area (Å²) in [6.07, 6.45) is 0. The maximum Gasteiger partial charge on any atom is 0.242 e. The Bertz CT molecular complexity index is 928. The highest BCUT2D eigenvalue weighted by atomic mass is 32.2. The Balaban J connectivity index is 2.14. The smallest absolute Gasteiger partial charge is 0.242 e. The van der Waals surface area contributed by atoms with Crippen molar-refractivity contribution < 1.29 is 13.2 Å². The van der Waals surface area contributed by atoms with E-state index in [0.717, 1.165) is 16.9 Å². The average molecular weight is 408 g/mol. The zero-order valence-corrected chi connectivity index (χ0v) is 17.7. The van der Waals surface area contributed by atoms with Crippen molar-refractivity contribution in [2.45, 2.75) is 24.8 Å². The first-order valence-electron chi connectivity index (χ1n) is 8.40. The minimum atomic E-state index is -3.50. The van der Waals surface area contributed by atoms with Gasteiger partial charge in [-0.05, 0) is 50.3 Å². The highest BCUT2D eigenvalue weighted by molar-refractivity contribution is 7.89. The molecule has 0 aliphatic rings. The van der Waals surface area contributed by atoms with Gasteiger partial charge in [-0.2, -0.15) is 0 Å². The summed E-state index contributed by atoms with van der Waals surface area (Å²) in [4.78, 5) is 0.203. The molecule has 0 bridgehead atoms. The van der Waals surface area contributed by atoms with Crippen molar-refractivity contribution in [3.63, 3.8) is 0 Å². The van der Waals surface area contributed by atoms with Crippen molar-refractivity contribution in [1.82, 2.24) is 9.62 Å². The predicted octanol–water partition coefficient (Wildman–Crippen LogP) is 3.30. The van der Waals surface area contributed by atoms with Gasteiger partial charge in [0.2, 0.25) is 10.0 Å². The Labute approximate surface area is 166 Å². The standard InChI is InChI=1S/C19H25N3O3S2/c1-13-9-10-18(25-5)17(11-13)14(2)20-19(26)21-15-7-6-8-16(12-15)27(23,24)22(3)4/h6-12,14H,1-5H3,(H2,20,21,26)/t14-/m0/s1. The highest BCUT2D eigenvalue weighted by Gasteiger charge is 2.18. The van der Waals surface area contributed by atoms with Crippen LogP contribution in [-0.4, -0.2) is 39.0 Å². The van der Waals surface area contributed by atoms with Crippen LogP contribution in [0.4, 0.5) is 5.69 Å². The van der Waals surface area contributed by atoms with Crippen LogP contribution in [0.5, 0.6) is 5.75 Å². The maximum absolute atomic E-state index is 12.3. The van der Waals surface area contributed by atoms with Crippen molar-refractivity contribution >= 4 is 33.0 Å². The van der Waals surface area contributed by atoms with Gasteiger partial charge in [0.15, 0.2) is 5.11 Å². The van der Waals surface area contributed by atoms with Gasteiger partial charge in [0.05, 0.1) is 18.0 Å². The molecule has 0 aromatic heterocycles. The monoisotopic (exact) mass is 407 g/mol. The van der Waals surface area contributed by atoms with E-state index in [4.69, 9.17) is 17.0 Å². The van der Waals surface area contributed by atoms with Crippen molar-refractivity contribution in [1.29, 1.82) is 0 Å². The van der Waals surface area contributed by atoms with Crippen LogP contribution in [0.3, 0.4) is 0 Å². The van der Waals surface area contributed by atoms with Crippen LogP contribution in [0.15, 0.2) is 47.4 Å². The zero-order valence-electron chi connectivity index (χ0n) is 16.1. The third-order valence-corrected chi connectivity index (χ3v) is 6.10. The number of rotatable bonds is 6. The molecule has 0 heterocycles. The lowest BCUT2D eigenvalue weighted by Crippen LogP contribution is -2.31. The molecule has 0 fully saturated rings. The fourth-order valence-corrected chi connectivity index (χ4v) is 3.82. The Morgan fingerprint density at radius 3 is 2.52 bits per heavy atom. The molecular weight excluding hydrogens is 382 g/mol. The first kappa shape index (κ1) is 21.1. The Hall–Kier alpha value is -2.16. The number of hydrogen-bond acceptors (Lipinski definition) is 4. The van der Waals surface area contributed by atoms with Gasteiger partial charge in [0.1, 0.15) is 5.75 Å². The first-order valence-corrected chi connectivity index (χ1v) is 10.2. The Morgan fingerprint density at radius 2 is 1.89 bits per heavy atom. The third kappa shape index (κ3) is 5.18. The van der Waals surface area contributed by atoms with Crippen molar-refractivity contribution in [2.24, 2.45) is 0 Å². The SMILES string of the molecule is COc1ccc(C)cc1[C@H](C)NC(=S)Nc1cccc(S(=O)(=O)N(C)C)c1. The summed E-state index contributed by atoms with van der Waals surface area (Å²) >= 11 is 5.39. The minimum Gasteiger partial charge on any atom is -0.496 e. The number of nitrogens with one attached hydrogen (secondary N) is 2. The summed E-state index contributed by atoms with van der Waals surface area (Å²) in [5.41, 5.74) is 2.71. The number of nitrogens with zero attached hydrogens (tertiary/aromatic N) is 1. The van der Waals surface area contributed by atoms with E-state index < -0.39 is 10.0 Å². The largest absolute Gasteiger partial charge is 0.496 e. The molecular formula is C19H25N3O3S2. The normalized spacial score (nSPS) is 12.5. The quantitative estimate of drug-likeness (QED) is 0.716. The van der Waals surface area contributed by atoms with Gasteiger partial charge < -0.3 is 15.4 Å². The van der Waals surface area contributed by atoms with Crippen LogP contribution < -0.4 is 15.4 Å². The molecule has 2 aromatic carbocycles. The van der Waals surface area contributed by atoms with Crippen LogP contribution in [0, 0.1) is 6.92 Å². The van der Waals surface area contributed by atoms with Gasteiger partial charge in [-0.15, -0.1) is 0 Å². The molecule has 6 nitrogen and oxygen atoms in total. The van der Waals surface area contributed by atoms with Gasteiger partial charge in [0, 0.05) is 25.3 Å². The van der Waals surface area contributed by atoms with Gasteiger partial charge in [-0.25, -0.2) is 12.7 Å². The number of benzene rings is 2. The highest BCUT2D eigenvalue weighted by Crippen LogP contribution is 2.26. The molecule has 0 aliphatic heterocycles. The van der Waals surface area contributed by atoms with E-state index in [2.05, 4.69) is 10.6 Å². The van der Waals surface area contributed by atoms with Gasteiger partial charge in [-0.3, -0.25) is 0 Å². The fourth-order valence-electron chi connectivity index (χ4n) is 2.58. The molecule has 0 radical (unpaired) electrons. The lowest BCUT2D eigenvalue weighted by Gasteiger charge is -2.20. The van der Waals surface area contributed by atoms with E-state index in [1.54, 1.807) is 31.4 Å². The summed E-state index contributed by atoms with van der Waals surface area (Å²) < 4.78 is 31.1. The molecule has 0 saturated heterocycles. The van der Waals surface area contributed by atoms with Gasteiger partial charge in [-0.1, -0.05) is 23.8 Å². The topological polar surface area (TPSA) is 70.7 Å². The summed E-state index contributed by atoms with van der Waals surface area (Å²) in [6, 6.07) is 12.4. The number of hydrogen-bond donors (Lipinski definition) is 2. The van der Waals surface area contributed by atoms with Crippen LogP contribution in [-0.2, 0) is 10.0 Å². The van der Waals surface area contributed by atoms with Crippen molar-refractivity contribution in [3.8, 4) is 5.75 Å². The molecule has 0 amide bonds. The number of methoxy groups -OCH3 is 1. The Kier molecular flexibility index (Phi) is 6.80. The molecule has 146 valence electrons. The second kappa shape index (κ2) is 8.69. The molecule has 2 aromatic rings. The number of anilines is 1. The first-order chi connectivity index (χ1) is 12.6. The fraction of sp³-hybridized carbons (Fsp3) is 0.316. The average Bonchev–Trinajstić information content (AvgIpc) is 2.61. The van der Waals surface area contributed by atoms with Crippen LogP contribution in [0.2, 0.25) is 0 Å². The minimum absolute atomic E-state index is 0.0893. The van der Waals surface area contributed by atoms with Crippen LogP contribution in [0.1, 0.15) is 24.1 Å². The van der Waals surface area contributed by atoms with E-state index in [1.807, 2.05) is 32.0 Å². The molecule has 0 aliphatic carbocycles. The molecule has 27 heavy (non-hydrogen) atoms. The summed E-state index contributed by atoms with van der Waals surface area (Å²) in [6.45, 7) is 4.00. The molecule has 1 atom stereocenters. The molecule has 2 rings (SSSR count). The van der Waals surface area contributed by atoms with Gasteiger partial charge >= 0.3 is 0 Å². The van der Waals surface area contributed by atoms with E-state index in [9.17, 15) is 8.42 Å². The zero-order chi connectivity index (χ0) is 20.2. The molecule has 0 unspecified atom stereocenters. The van der Waals surface area contributed by atoms with E-state index >= 15 is 0 Å². The summed E-state index contributed by atoms with van der Waals surface area (Å²) in [5.74, 6) is 0.780. The predicted molar refractivity (Wildman–Crippen MR) is 113 cm³/mol. The molecule has 0 spiro atoms. The summed E-state index contributed by atoms with van der Waals surface area (Å²) in [7, 11) is 1.13. The van der Waals surface area contributed by atoms with Gasteiger partial charge in [0.25, 0.3) is 0 Å². The molecule has 2 N–H and O–H groups in total. The number of aryl methyl sites for hydroxylation is 1. The Morgan fingerprint density at radius 1 is 1.19 bits per heavy atom. The third-order valence-electron chi connectivity index (χ3n) is 4.07.